The fraction of sp³-hybridized carbons (Fsp3) is 0.667. The molecule has 202 valence electrons. The second-order valence-electron chi connectivity index (χ2n) is 12.6. The molecule has 1 aromatic rings. The molecule has 0 bridgehead atoms. The number of hydrogen-bond acceptors (Lipinski definition) is 6. The zero-order chi connectivity index (χ0) is 26.4. The topological polar surface area (TPSA) is 111 Å². The number of rotatable bonds is 6. The number of oxime groups is 1. The van der Waals surface area contributed by atoms with E-state index in [4.69, 9.17) is 4.84 Å². The summed E-state index contributed by atoms with van der Waals surface area (Å²) in [5.41, 5.74) is 2.93. The Hall–Kier alpha value is -2.54. The third-order valence-corrected chi connectivity index (χ3v) is 10.7. The fourth-order valence-corrected chi connectivity index (χ4v) is 8.18. The minimum atomic E-state index is -0.538. The molecule has 7 heteroatoms. The molecule has 1 aromatic carbocycles. The van der Waals surface area contributed by atoms with Gasteiger partial charge in [0.15, 0.2) is 18.1 Å². The lowest BCUT2D eigenvalue weighted by atomic mass is 9.46. The first-order valence-electron chi connectivity index (χ1n) is 13.9. The first kappa shape index (κ1) is 26.1. The first-order valence-corrected chi connectivity index (χ1v) is 13.9. The smallest absolute Gasteiger partial charge is 0.260 e. The zero-order valence-electron chi connectivity index (χ0n) is 22.4. The molecule has 0 heterocycles. The van der Waals surface area contributed by atoms with Crippen LogP contribution in [0.2, 0.25) is 0 Å². The summed E-state index contributed by atoms with van der Waals surface area (Å²) in [6.07, 6.45) is 11.3. The first-order chi connectivity index (χ1) is 17.5. The third-order valence-electron chi connectivity index (χ3n) is 10.7. The summed E-state index contributed by atoms with van der Waals surface area (Å²) in [6, 6.07) is 4.64. The minimum absolute atomic E-state index is 0.0489. The highest BCUT2D eigenvalue weighted by molar-refractivity contribution is 5.96. The van der Waals surface area contributed by atoms with Gasteiger partial charge in [-0.15, -0.1) is 0 Å². The predicted molar refractivity (Wildman–Crippen MR) is 142 cm³/mol. The van der Waals surface area contributed by atoms with Crippen molar-refractivity contribution < 1.29 is 25.0 Å². The zero-order valence-corrected chi connectivity index (χ0v) is 22.4. The summed E-state index contributed by atoms with van der Waals surface area (Å²) in [6.45, 7) is 7.13. The number of phenols is 2. The Labute approximate surface area is 220 Å². The maximum absolute atomic E-state index is 12.2. The monoisotopic (exact) mass is 510 g/mol. The van der Waals surface area contributed by atoms with Crippen molar-refractivity contribution >= 4 is 11.6 Å². The summed E-state index contributed by atoms with van der Waals surface area (Å²) < 4.78 is 0. The van der Waals surface area contributed by atoms with Crippen LogP contribution in [0.4, 0.5) is 0 Å². The van der Waals surface area contributed by atoms with Gasteiger partial charge in [0.2, 0.25) is 0 Å². The van der Waals surface area contributed by atoms with E-state index in [1.807, 2.05) is 0 Å². The van der Waals surface area contributed by atoms with Crippen LogP contribution in [0.5, 0.6) is 11.5 Å². The molecule has 0 aromatic heterocycles. The third kappa shape index (κ3) is 4.64. The second kappa shape index (κ2) is 9.64. The number of amides is 1. The van der Waals surface area contributed by atoms with Crippen molar-refractivity contribution in [2.24, 2.45) is 33.7 Å². The van der Waals surface area contributed by atoms with E-state index >= 15 is 0 Å². The average Bonchev–Trinajstić information content (AvgIpc) is 3.10. The molecule has 0 spiro atoms. The van der Waals surface area contributed by atoms with Crippen LogP contribution in [0.3, 0.4) is 0 Å². The number of hydrogen-bond donors (Lipinski definition) is 4. The lowest BCUT2D eigenvalue weighted by Gasteiger charge is -2.59. The lowest BCUT2D eigenvalue weighted by molar-refractivity contribution is -0.125. The number of nitrogens with zero attached hydrogens (tertiary/aromatic N) is 1. The van der Waals surface area contributed by atoms with Crippen molar-refractivity contribution in [2.45, 2.75) is 84.2 Å². The Morgan fingerprint density at radius 2 is 1.84 bits per heavy atom. The molecule has 37 heavy (non-hydrogen) atoms. The largest absolute Gasteiger partial charge is 0.504 e. The highest BCUT2D eigenvalue weighted by Crippen LogP contribution is 2.67. The predicted octanol–water partition coefficient (Wildman–Crippen LogP) is 4.84. The molecule has 7 nitrogen and oxygen atoms in total. The number of fused-ring (bicyclic) bond motifs is 5. The Morgan fingerprint density at radius 1 is 1.05 bits per heavy atom. The number of allylic oxidation sites excluding steroid dienone is 2. The van der Waals surface area contributed by atoms with Gasteiger partial charge in [-0.2, -0.15) is 0 Å². The summed E-state index contributed by atoms with van der Waals surface area (Å²) in [5, 5.41) is 37.2. The van der Waals surface area contributed by atoms with Crippen LogP contribution < -0.4 is 5.32 Å². The molecular weight excluding hydrogens is 468 g/mol. The highest BCUT2D eigenvalue weighted by atomic mass is 16.6. The van der Waals surface area contributed by atoms with Crippen molar-refractivity contribution in [3.63, 3.8) is 0 Å². The molecule has 3 fully saturated rings. The number of carbonyl (C=O) groups is 1. The SMILES string of the molecule is C[C@]12CC/C(=N\OCC(=O)NCCc3ccc(O)c(O)c3)C=C1CC[C@@H]1[C@@H]2CC[C@@]2(C)[C@H]1CC[C@]2(C)O. The van der Waals surface area contributed by atoms with Crippen LogP contribution in [0.1, 0.15) is 77.7 Å². The minimum Gasteiger partial charge on any atom is -0.504 e. The van der Waals surface area contributed by atoms with Crippen LogP contribution in [0, 0.1) is 28.6 Å². The molecule has 0 aliphatic heterocycles. The van der Waals surface area contributed by atoms with Crippen LogP contribution in [0.25, 0.3) is 0 Å². The summed E-state index contributed by atoms with van der Waals surface area (Å²) in [4.78, 5) is 17.6. The van der Waals surface area contributed by atoms with E-state index in [0.717, 1.165) is 49.8 Å². The number of aliphatic hydroxyl groups is 1. The van der Waals surface area contributed by atoms with Crippen LogP contribution in [-0.2, 0) is 16.1 Å². The van der Waals surface area contributed by atoms with E-state index < -0.39 is 5.60 Å². The Bertz CT molecular complexity index is 1110. The van der Waals surface area contributed by atoms with Gasteiger partial charge in [0.1, 0.15) is 0 Å². The van der Waals surface area contributed by atoms with Crippen molar-refractivity contribution in [3.8, 4) is 11.5 Å². The Kier molecular flexibility index (Phi) is 6.80. The Morgan fingerprint density at radius 3 is 2.62 bits per heavy atom. The number of aromatic hydroxyl groups is 2. The molecule has 1 amide bonds. The summed E-state index contributed by atoms with van der Waals surface area (Å²) in [7, 11) is 0. The van der Waals surface area contributed by atoms with Crippen molar-refractivity contribution in [2.75, 3.05) is 13.2 Å². The fourth-order valence-electron chi connectivity index (χ4n) is 8.18. The van der Waals surface area contributed by atoms with Gasteiger partial charge in [0, 0.05) is 6.54 Å². The van der Waals surface area contributed by atoms with Gasteiger partial charge in [-0.25, -0.2) is 0 Å². The molecule has 4 N–H and O–H groups in total. The molecular formula is C30H42N2O5. The van der Waals surface area contributed by atoms with Gasteiger partial charge in [-0.1, -0.05) is 30.6 Å². The summed E-state index contributed by atoms with van der Waals surface area (Å²) in [5.74, 6) is 1.43. The van der Waals surface area contributed by atoms with Gasteiger partial charge < -0.3 is 25.5 Å². The molecule has 4 aliphatic carbocycles. The molecule has 4 aliphatic rings. The standard InChI is InChI=1S/C30H42N2O5/c1-28-12-8-21(32-37-18-27(35)31-15-11-19-4-7-25(33)26(34)16-19)17-20(28)5-6-22-23(28)9-13-29(2)24(22)10-14-30(29,3)36/h4,7,16-17,22-24,33-34,36H,5-6,8-15,18H2,1-3H3,(H,31,35)/b32-21+/t22-,23+,24+,28+,29+,30+/m1/s1. The van der Waals surface area contributed by atoms with Gasteiger partial charge >= 0.3 is 0 Å². The van der Waals surface area contributed by atoms with E-state index in [9.17, 15) is 20.1 Å². The number of phenolic OH excluding ortho intramolecular Hbond substituents is 2. The van der Waals surface area contributed by atoms with Gasteiger partial charge in [0.25, 0.3) is 5.91 Å². The Balaban J connectivity index is 1.14. The van der Waals surface area contributed by atoms with Crippen molar-refractivity contribution in [3.05, 3.63) is 35.4 Å². The van der Waals surface area contributed by atoms with E-state index in [1.54, 1.807) is 6.07 Å². The summed E-state index contributed by atoms with van der Waals surface area (Å²) >= 11 is 0. The normalized spacial score (nSPS) is 37.8. The maximum atomic E-state index is 12.2. The van der Waals surface area contributed by atoms with E-state index in [0.29, 0.717) is 30.7 Å². The number of carbonyl (C=O) groups excluding carboxylic acids is 1. The maximum Gasteiger partial charge on any atom is 0.260 e. The molecule has 3 saturated carbocycles. The van der Waals surface area contributed by atoms with Gasteiger partial charge in [0.05, 0.1) is 11.3 Å². The van der Waals surface area contributed by atoms with E-state index in [-0.39, 0.29) is 34.8 Å². The molecule has 0 saturated heterocycles. The number of nitrogens with one attached hydrogen (secondary N) is 1. The molecule has 6 atom stereocenters. The molecule has 0 unspecified atom stereocenters. The van der Waals surface area contributed by atoms with Gasteiger partial charge in [-0.05, 0) is 117 Å². The molecule has 5 rings (SSSR count). The van der Waals surface area contributed by atoms with Gasteiger partial charge in [-0.3, -0.25) is 4.79 Å². The van der Waals surface area contributed by atoms with Crippen LogP contribution in [-0.4, -0.2) is 45.7 Å². The quantitative estimate of drug-likeness (QED) is 0.323. The van der Waals surface area contributed by atoms with Crippen molar-refractivity contribution in [1.82, 2.24) is 5.32 Å². The number of benzene rings is 1. The van der Waals surface area contributed by atoms with Crippen molar-refractivity contribution in [1.29, 1.82) is 0 Å². The lowest BCUT2D eigenvalue weighted by Crippen LogP contribution is -2.53. The molecule has 0 radical (unpaired) electrons. The van der Waals surface area contributed by atoms with E-state index in [2.05, 4.69) is 37.3 Å². The van der Waals surface area contributed by atoms with E-state index in [1.165, 1.54) is 30.5 Å². The highest BCUT2D eigenvalue weighted by Gasteiger charge is 2.62. The van der Waals surface area contributed by atoms with Crippen LogP contribution >= 0.6 is 0 Å². The average molecular weight is 511 g/mol. The second-order valence-corrected chi connectivity index (χ2v) is 12.6. The van der Waals surface area contributed by atoms with Crippen LogP contribution in [0.15, 0.2) is 35.0 Å².